The van der Waals surface area contributed by atoms with E-state index < -0.39 is 0 Å². The van der Waals surface area contributed by atoms with Crippen molar-refractivity contribution in [2.24, 2.45) is 0 Å². The average Bonchev–Trinajstić information content (AvgIpc) is 2.77. The van der Waals surface area contributed by atoms with Crippen LogP contribution < -0.4 is 20.4 Å². The first-order chi connectivity index (χ1) is 15.0. The van der Waals surface area contributed by atoms with E-state index in [1.807, 2.05) is 24.3 Å². The minimum absolute atomic E-state index is 0.0105. The van der Waals surface area contributed by atoms with Crippen LogP contribution in [0.25, 0.3) is 0 Å². The fourth-order valence-corrected chi connectivity index (χ4v) is 4.01. The lowest BCUT2D eigenvalue weighted by Gasteiger charge is -2.29. The Morgan fingerprint density at radius 2 is 1.45 bits per heavy atom. The van der Waals surface area contributed by atoms with E-state index in [1.165, 1.54) is 15.9 Å². The van der Waals surface area contributed by atoms with Gasteiger partial charge in [0.05, 0.1) is 0 Å². The van der Waals surface area contributed by atoms with E-state index in [1.54, 1.807) is 18.2 Å². The predicted molar refractivity (Wildman–Crippen MR) is 119 cm³/mol. The van der Waals surface area contributed by atoms with Gasteiger partial charge in [0.25, 0.3) is 11.8 Å². The summed E-state index contributed by atoms with van der Waals surface area (Å²) in [5, 5.41) is 5.93. The molecule has 2 amide bonds. The number of rotatable bonds is 9. The molecule has 6 nitrogen and oxygen atoms in total. The number of carbonyl (C=O) groups is 2. The molecular formula is C24H33FN4O2+2. The van der Waals surface area contributed by atoms with Crippen molar-refractivity contribution in [2.45, 2.75) is 19.8 Å². The zero-order chi connectivity index (χ0) is 22.1. The van der Waals surface area contributed by atoms with Crippen molar-refractivity contribution in [1.82, 2.24) is 5.32 Å². The Bertz CT molecular complexity index is 881. The van der Waals surface area contributed by atoms with Gasteiger partial charge in [-0.1, -0.05) is 43.3 Å². The first kappa shape index (κ1) is 22.9. The smallest absolute Gasteiger partial charge is 0.279 e. The van der Waals surface area contributed by atoms with Gasteiger partial charge in [-0.3, -0.25) is 9.59 Å². The van der Waals surface area contributed by atoms with Gasteiger partial charge in [0.1, 0.15) is 32.0 Å². The van der Waals surface area contributed by atoms with E-state index in [0.29, 0.717) is 31.6 Å². The number of nitrogens with one attached hydrogen (secondary N) is 4. The molecule has 3 rings (SSSR count). The molecule has 0 unspecified atom stereocenters. The topological polar surface area (TPSA) is 67.1 Å². The molecule has 1 fully saturated rings. The second-order valence-electron chi connectivity index (χ2n) is 8.10. The Hall–Kier alpha value is -2.77. The van der Waals surface area contributed by atoms with E-state index in [9.17, 15) is 14.0 Å². The van der Waals surface area contributed by atoms with Gasteiger partial charge in [-0.25, -0.2) is 4.39 Å². The summed E-state index contributed by atoms with van der Waals surface area (Å²) in [6.45, 7) is 6.81. The van der Waals surface area contributed by atoms with Crippen LogP contribution in [0.3, 0.4) is 0 Å². The van der Waals surface area contributed by atoms with Crippen molar-refractivity contribution < 1.29 is 23.8 Å². The van der Waals surface area contributed by atoms with E-state index in [0.717, 1.165) is 43.9 Å². The number of quaternary nitrogens is 2. The highest BCUT2D eigenvalue weighted by Crippen LogP contribution is 2.14. The molecule has 0 saturated carbocycles. The van der Waals surface area contributed by atoms with Crippen LogP contribution >= 0.6 is 0 Å². The Kier molecular flexibility index (Phi) is 8.55. The maximum absolute atomic E-state index is 13.6. The number of benzene rings is 2. The van der Waals surface area contributed by atoms with Gasteiger partial charge in [-0.05, 0) is 36.1 Å². The lowest BCUT2D eigenvalue weighted by atomic mass is 10.1. The number of anilines is 1. The van der Waals surface area contributed by atoms with Crippen LogP contribution in [0, 0.1) is 5.82 Å². The summed E-state index contributed by atoms with van der Waals surface area (Å²) in [5.74, 6) is -0.211. The second-order valence-corrected chi connectivity index (χ2v) is 8.10. The lowest BCUT2D eigenvalue weighted by Crippen LogP contribution is -3.28. The Balaban J connectivity index is 1.34. The van der Waals surface area contributed by atoms with Gasteiger partial charge >= 0.3 is 0 Å². The third kappa shape index (κ3) is 7.15. The van der Waals surface area contributed by atoms with Crippen molar-refractivity contribution in [3.8, 4) is 0 Å². The number of carbonyl (C=O) groups excluding carboxylic acids is 2. The summed E-state index contributed by atoms with van der Waals surface area (Å²) in [6, 6.07) is 14.5. The fraction of sp³-hybridized carbons (Fsp3) is 0.417. The standard InChI is InChI=1S/C24H31FN4O2/c1-2-19-7-4-6-10-22(19)27-24(31)18-29-15-13-28(14-16-29)17-23(30)26-12-11-20-8-3-5-9-21(20)25/h3-10H,2,11-18H2,1H3,(H,26,30)(H,27,31)/p+2. The van der Waals surface area contributed by atoms with Crippen LogP contribution in [0.4, 0.5) is 10.1 Å². The van der Waals surface area contributed by atoms with Gasteiger partial charge < -0.3 is 20.4 Å². The molecule has 0 aliphatic carbocycles. The monoisotopic (exact) mass is 428 g/mol. The van der Waals surface area contributed by atoms with Crippen LogP contribution in [0.2, 0.25) is 0 Å². The molecule has 2 aromatic rings. The molecule has 0 aromatic heterocycles. The third-order valence-corrected chi connectivity index (χ3v) is 5.83. The number of piperazine rings is 1. The number of amides is 2. The third-order valence-electron chi connectivity index (χ3n) is 5.83. The average molecular weight is 429 g/mol. The number of aryl methyl sites for hydroxylation is 1. The highest BCUT2D eigenvalue weighted by molar-refractivity contribution is 5.92. The number of hydrogen-bond donors (Lipinski definition) is 4. The second kappa shape index (κ2) is 11.6. The molecule has 166 valence electrons. The lowest BCUT2D eigenvalue weighted by molar-refractivity contribution is -1.00. The van der Waals surface area contributed by atoms with Crippen LogP contribution in [0.1, 0.15) is 18.1 Å². The summed E-state index contributed by atoms with van der Waals surface area (Å²) >= 11 is 0. The van der Waals surface area contributed by atoms with E-state index >= 15 is 0 Å². The van der Waals surface area contributed by atoms with Crippen LogP contribution in [-0.2, 0) is 22.4 Å². The van der Waals surface area contributed by atoms with Crippen molar-refractivity contribution >= 4 is 17.5 Å². The number of hydrogen-bond acceptors (Lipinski definition) is 2. The summed E-state index contributed by atoms with van der Waals surface area (Å²) in [6.07, 6.45) is 1.37. The number of para-hydroxylation sites is 1. The van der Waals surface area contributed by atoms with Crippen molar-refractivity contribution in [3.63, 3.8) is 0 Å². The first-order valence-corrected chi connectivity index (χ1v) is 11.1. The first-order valence-electron chi connectivity index (χ1n) is 11.1. The molecule has 1 aliphatic heterocycles. The SMILES string of the molecule is CCc1ccccc1NC(=O)C[NH+]1CC[NH+](CC(=O)NCCc2ccccc2F)CC1. The highest BCUT2D eigenvalue weighted by Gasteiger charge is 2.26. The quantitative estimate of drug-likeness (QED) is 0.434. The molecular weight excluding hydrogens is 395 g/mol. The molecule has 0 spiro atoms. The van der Waals surface area contributed by atoms with Gasteiger partial charge in [-0.15, -0.1) is 0 Å². The summed E-state index contributed by atoms with van der Waals surface area (Å²) < 4.78 is 13.6. The number of halogens is 1. The van der Waals surface area contributed by atoms with Crippen LogP contribution in [0.5, 0.6) is 0 Å². The van der Waals surface area contributed by atoms with Crippen molar-refractivity contribution in [2.75, 3.05) is 51.1 Å². The Labute approximate surface area is 183 Å². The van der Waals surface area contributed by atoms with Gasteiger partial charge in [0.15, 0.2) is 13.1 Å². The maximum atomic E-state index is 13.6. The fourth-order valence-electron chi connectivity index (χ4n) is 4.01. The normalized spacial score (nSPS) is 18.4. The molecule has 1 heterocycles. The van der Waals surface area contributed by atoms with Gasteiger partial charge in [0, 0.05) is 12.2 Å². The van der Waals surface area contributed by atoms with Crippen LogP contribution in [-0.4, -0.2) is 57.6 Å². The molecule has 0 atom stereocenters. The van der Waals surface area contributed by atoms with Crippen molar-refractivity contribution in [1.29, 1.82) is 0 Å². The minimum atomic E-state index is -0.233. The van der Waals surface area contributed by atoms with E-state index in [-0.39, 0.29) is 17.6 Å². The molecule has 0 bridgehead atoms. The molecule has 1 saturated heterocycles. The molecule has 7 heteroatoms. The molecule has 4 N–H and O–H groups in total. The zero-order valence-electron chi connectivity index (χ0n) is 18.2. The van der Waals surface area contributed by atoms with Crippen molar-refractivity contribution in [3.05, 3.63) is 65.5 Å². The molecule has 2 aromatic carbocycles. The Morgan fingerprint density at radius 1 is 0.871 bits per heavy atom. The minimum Gasteiger partial charge on any atom is -0.351 e. The van der Waals surface area contributed by atoms with Gasteiger partial charge in [-0.2, -0.15) is 0 Å². The predicted octanol–water partition coefficient (Wildman–Crippen LogP) is -0.531. The summed E-state index contributed by atoms with van der Waals surface area (Å²) in [5.41, 5.74) is 2.65. The van der Waals surface area contributed by atoms with Crippen LogP contribution in [0.15, 0.2) is 48.5 Å². The molecule has 31 heavy (non-hydrogen) atoms. The van der Waals surface area contributed by atoms with E-state index in [4.69, 9.17) is 0 Å². The largest absolute Gasteiger partial charge is 0.351 e. The molecule has 1 aliphatic rings. The summed E-state index contributed by atoms with van der Waals surface area (Å²) in [7, 11) is 0. The zero-order valence-corrected chi connectivity index (χ0v) is 18.2. The molecule has 0 radical (unpaired) electrons. The highest BCUT2D eigenvalue weighted by atomic mass is 19.1. The van der Waals surface area contributed by atoms with Gasteiger partial charge in [0.2, 0.25) is 0 Å². The van der Waals surface area contributed by atoms with E-state index in [2.05, 4.69) is 17.6 Å². The Morgan fingerprint density at radius 3 is 2.10 bits per heavy atom. The summed E-state index contributed by atoms with van der Waals surface area (Å²) in [4.78, 5) is 27.1. The maximum Gasteiger partial charge on any atom is 0.279 e.